The third-order valence-electron chi connectivity index (χ3n) is 3.71. The van der Waals surface area contributed by atoms with E-state index in [1.54, 1.807) is 49.4 Å². The number of halogens is 1. The van der Waals surface area contributed by atoms with E-state index < -0.39 is 11.9 Å². The fourth-order valence-electron chi connectivity index (χ4n) is 2.41. The van der Waals surface area contributed by atoms with Crippen molar-refractivity contribution in [3.63, 3.8) is 0 Å². The van der Waals surface area contributed by atoms with Gasteiger partial charge >= 0.3 is 5.97 Å². The van der Waals surface area contributed by atoms with E-state index in [1.807, 2.05) is 13.0 Å². The number of nitrogens with zero attached hydrogens (tertiary/aromatic N) is 1. The van der Waals surface area contributed by atoms with E-state index in [4.69, 9.17) is 14.2 Å². The van der Waals surface area contributed by atoms with E-state index in [2.05, 4.69) is 21.2 Å². The molecule has 0 atom stereocenters. The van der Waals surface area contributed by atoms with Gasteiger partial charge in [0.25, 0.3) is 5.91 Å². The zero-order chi connectivity index (χ0) is 21.9. The first kappa shape index (κ1) is 23.0. The van der Waals surface area contributed by atoms with Gasteiger partial charge in [-0.25, -0.2) is 4.79 Å². The monoisotopic (exact) mass is 472 g/mol. The predicted octanol–water partition coefficient (Wildman–Crippen LogP) is 4.34. The Kier molecular flexibility index (Phi) is 8.91. The number of benzene rings is 2. The van der Waals surface area contributed by atoms with E-state index in [1.165, 1.54) is 6.08 Å². The number of carbonyl (C=O) groups excluding carboxylic acids is 2. The fraction of sp³-hybridized carbons (Fsp3) is 0.227. The number of esters is 1. The number of nitrogens with one attached hydrogen (secondary N) is 1. The molecule has 30 heavy (non-hydrogen) atoms. The fourth-order valence-corrected chi connectivity index (χ4v) is 2.79. The standard InChI is InChI=1S/C22H21BrN2O5/c1-3-28-19-8-6-18(7-9-19)25-22(27)16(13-24)11-15-12-17(23)5-10-20(15)30-14-21(26)29-4-2/h5-12H,3-4,14H2,1-2H3,(H,25,27)/b16-11+. The van der Waals surface area contributed by atoms with E-state index in [0.717, 1.165) is 4.47 Å². The Balaban J connectivity index is 2.19. The molecule has 8 heteroatoms. The zero-order valence-corrected chi connectivity index (χ0v) is 18.2. The Morgan fingerprint density at radius 2 is 1.83 bits per heavy atom. The second-order valence-corrected chi connectivity index (χ2v) is 6.77. The van der Waals surface area contributed by atoms with Gasteiger partial charge in [-0.2, -0.15) is 5.26 Å². The summed E-state index contributed by atoms with van der Waals surface area (Å²) in [6, 6.07) is 13.8. The number of nitriles is 1. The van der Waals surface area contributed by atoms with Gasteiger partial charge in [-0.15, -0.1) is 0 Å². The Morgan fingerprint density at radius 1 is 1.10 bits per heavy atom. The van der Waals surface area contributed by atoms with Crippen molar-refractivity contribution in [1.29, 1.82) is 5.26 Å². The van der Waals surface area contributed by atoms with Crippen LogP contribution in [0.3, 0.4) is 0 Å². The summed E-state index contributed by atoms with van der Waals surface area (Å²) < 4.78 is 16.4. The summed E-state index contributed by atoms with van der Waals surface area (Å²) in [5, 5.41) is 12.1. The molecule has 0 unspecified atom stereocenters. The van der Waals surface area contributed by atoms with Gasteiger partial charge in [-0.1, -0.05) is 15.9 Å². The normalized spacial score (nSPS) is 10.7. The molecule has 156 valence electrons. The van der Waals surface area contributed by atoms with E-state index >= 15 is 0 Å². The lowest BCUT2D eigenvalue weighted by atomic mass is 10.1. The number of ether oxygens (including phenoxy) is 3. The van der Waals surface area contributed by atoms with E-state index in [-0.39, 0.29) is 18.8 Å². The quantitative estimate of drug-likeness (QED) is 0.331. The molecule has 0 saturated carbocycles. The Labute approximate surface area is 183 Å². The summed E-state index contributed by atoms with van der Waals surface area (Å²) in [4.78, 5) is 24.1. The summed E-state index contributed by atoms with van der Waals surface area (Å²) in [6.07, 6.45) is 1.40. The van der Waals surface area contributed by atoms with Gasteiger partial charge in [0.1, 0.15) is 23.1 Å². The van der Waals surface area contributed by atoms with E-state index in [9.17, 15) is 14.9 Å². The molecule has 0 fully saturated rings. The number of hydrogen-bond acceptors (Lipinski definition) is 6. The molecular formula is C22H21BrN2O5. The Morgan fingerprint density at radius 3 is 2.47 bits per heavy atom. The lowest BCUT2D eigenvalue weighted by Crippen LogP contribution is -2.15. The van der Waals surface area contributed by atoms with Gasteiger partial charge in [-0.3, -0.25) is 4.79 Å². The second kappa shape index (κ2) is 11.6. The summed E-state index contributed by atoms with van der Waals surface area (Å²) in [7, 11) is 0. The lowest BCUT2D eigenvalue weighted by molar-refractivity contribution is -0.145. The van der Waals surface area contributed by atoms with Crippen molar-refractivity contribution in [2.24, 2.45) is 0 Å². The Hall–Kier alpha value is -3.31. The van der Waals surface area contributed by atoms with Crippen molar-refractivity contribution in [3.05, 3.63) is 58.1 Å². The summed E-state index contributed by atoms with van der Waals surface area (Å²) in [5.41, 5.74) is 0.868. The molecule has 2 rings (SSSR count). The maximum absolute atomic E-state index is 12.5. The van der Waals surface area contributed by atoms with Crippen LogP contribution in [0.2, 0.25) is 0 Å². The van der Waals surface area contributed by atoms with Crippen molar-refractivity contribution in [1.82, 2.24) is 0 Å². The van der Waals surface area contributed by atoms with Gasteiger partial charge in [0.15, 0.2) is 6.61 Å². The van der Waals surface area contributed by atoms with E-state index in [0.29, 0.717) is 29.4 Å². The van der Waals surface area contributed by atoms with Crippen molar-refractivity contribution in [2.75, 3.05) is 25.1 Å². The van der Waals surface area contributed by atoms with Crippen LogP contribution in [0.15, 0.2) is 52.5 Å². The van der Waals surface area contributed by atoms with Crippen LogP contribution in [0.25, 0.3) is 6.08 Å². The second-order valence-electron chi connectivity index (χ2n) is 5.86. The van der Waals surface area contributed by atoms with Crippen molar-refractivity contribution < 1.29 is 23.8 Å². The average Bonchev–Trinajstić information content (AvgIpc) is 2.73. The molecule has 0 aliphatic heterocycles. The van der Waals surface area contributed by atoms with Gasteiger partial charge in [-0.05, 0) is 62.4 Å². The third kappa shape index (κ3) is 6.94. The van der Waals surface area contributed by atoms with Crippen LogP contribution >= 0.6 is 15.9 Å². The molecule has 0 spiro atoms. The number of anilines is 1. The molecule has 0 bridgehead atoms. The van der Waals surface area contributed by atoms with Gasteiger partial charge in [0, 0.05) is 15.7 Å². The van der Waals surface area contributed by atoms with Crippen molar-refractivity contribution in [3.8, 4) is 17.6 Å². The van der Waals surface area contributed by atoms with Crippen molar-refractivity contribution >= 4 is 39.6 Å². The molecule has 0 radical (unpaired) electrons. The lowest BCUT2D eigenvalue weighted by Gasteiger charge is -2.10. The highest BCUT2D eigenvalue weighted by molar-refractivity contribution is 9.10. The number of amides is 1. The minimum absolute atomic E-state index is 0.122. The number of hydrogen-bond donors (Lipinski definition) is 1. The smallest absolute Gasteiger partial charge is 0.344 e. The molecule has 0 heterocycles. The van der Waals surface area contributed by atoms with Crippen LogP contribution in [0.5, 0.6) is 11.5 Å². The molecule has 2 aromatic carbocycles. The molecule has 1 amide bonds. The van der Waals surface area contributed by atoms with Gasteiger partial charge in [0.2, 0.25) is 0 Å². The number of carbonyl (C=O) groups is 2. The first-order valence-electron chi connectivity index (χ1n) is 9.20. The molecule has 0 aliphatic carbocycles. The first-order valence-corrected chi connectivity index (χ1v) is 10.00. The van der Waals surface area contributed by atoms with Crippen LogP contribution in [-0.4, -0.2) is 31.7 Å². The maximum Gasteiger partial charge on any atom is 0.344 e. The Bertz CT molecular complexity index is 964. The third-order valence-corrected chi connectivity index (χ3v) is 4.20. The molecule has 0 aliphatic rings. The largest absolute Gasteiger partial charge is 0.494 e. The molecule has 7 nitrogen and oxygen atoms in total. The average molecular weight is 473 g/mol. The zero-order valence-electron chi connectivity index (χ0n) is 16.6. The van der Waals surface area contributed by atoms with Crippen molar-refractivity contribution in [2.45, 2.75) is 13.8 Å². The molecule has 0 saturated heterocycles. The summed E-state index contributed by atoms with van der Waals surface area (Å²) in [6.45, 7) is 4.09. The van der Waals surface area contributed by atoms with Crippen LogP contribution in [0, 0.1) is 11.3 Å². The van der Waals surface area contributed by atoms with Crippen LogP contribution < -0.4 is 14.8 Å². The van der Waals surface area contributed by atoms with Gasteiger partial charge in [0.05, 0.1) is 13.2 Å². The maximum atomic E-state index is 12.5. The van der Waals surface area contributed by atoms with Crippen LogP contribution in [-0.2, 0) is 14.3 Å². The first-order chi connectivity index (χ1) is 14.5. The molecule has 2 aromatic rings. The highest BCUT2D eigenvalue weighted by Gasteiger charge is 2.13. The summed E-state index contributed by atoms with van der Waals surface area (Å²) >= 11 is 3.35. The van der Waals surface area contributed by atoms with Crippen LogP contribution in [0.1, 0.15) is 19.4 Å². The predicted molar refractivity (Wildman–Crippen MR) is 116 cm³/mol. The van der Waals surface area contributed by atoms with Crippen LogP contribution in [0.4, 0.5) is 5.69 Å². The highest BCUT2D eigenvalue weighted by atomic mass is 79.9. The molecular weight excluding hydrogens is 452 g/mol. The van der Waals surface area contributed by atoms with Gasteiger partial charge < -0.3 is 19.5 Å². The summed E-state index contributed by atoms with van der Waals surface area (Å²) in [5.74, 6) is -0.0565. The SMILES string of the molecule is CCOC(=O)COc1ccc(Br)cc1/C=C(\C#N)C(=O)Nc1ccc(OCC)cc1. The topological polar surface area (TPSA) is 97.7 Å². The molecule has 1 N–H and O–H groups in total. The highest BCUT2D eigenvalue weighted by Crippen LogP contribution is 2.26. The molecule has 0 aromatic heterocycles. The minimum atomic E-state index is -0.571. The number of rotatable bonds is 9. The minimum Gasteiger partial charge on any atom is -0.494 e.